The molecule has 1 fully saturated rings. The number of benzene rings is 3. The Balaban J connectivity index is 1.45. The Morgan fingerprint density at radius 3 is 1.72 bits per heavy atom. The zero-order chi connectivity index (χ0) is 25.6. The van der Waals surface area contributed by atoms with Crippen molar-refractivity contribution in [1.29, 1.82) is 0 Å². The Morgan fingerprint density at radius 1 is 0.833 bits per heavy atom. The molecule has 3 aromatic carbocycles. The Bertz CT molecular complexity index is 1370. The van der Waals surface area contributed by atoms with Gasteiger partial charge in [-0.1, -0.05) is 71.7 Å². The first-order valence-corrected chi connectivity index (χ1v) is 12.8. The van der Waals surface area contributed by atoms with Crippen LogP contribution in [-0.2, 0) is 24.1 Å². The van der Waals surface area contributed by atoms with Gasteiger partial charge in [0, 0.05) is 5.02 Å². The smallest absolute Gasteiger partial charge is 0.247 e. The minimum Gasteiger partial charge on any atom is -0.323 e. The van der Waals surface area contributed by atoms with Crippen molar-refractivity contribution in [3.05, 3.63) is 99.0 Å². The fourth-order valence-corrected chi connectivity index (χ4v) is 7.45. The van der Waals surface area contributed by atoms with Crippen molar-refractivity contribution in [1.82, 2.24) is 4.90 Å². The molecule has 3 aromatic rings. The monoisotopic (exact) mass is 558 g/mol. The van der Waals surface area contributed by atoms with E-state index in [-0.39, 0.29) is 10.7 Å². The molecule has 3 atom stereocenters. The number of rotatable bonds is 3. The Labute approximate surface area is 227 Å². The maximum atomic E-state index is 14.0. The van der Waals surface area contributed by atoms with Crippen molar-refractivity contribution >= 4 is 69.8 Å². The fraction of sp³-hybridized carbons (Fsp3) is 0.222. The van der Waals surface area contributed by atoms with Gasteiger partial charge in [-0.25, -0.2) is 0 Å². The van der Waals surface area contributed by atoms with Crippen LogP contribution >= 0.6 is 46.4 Å². The first kappa shape index (κ1) is 23.8. The van der Waals surface area contributed by atoms with Crippen LogP contribution in [0.2, 0.25) is 10.0 Å². The predicted molar refractivity (Wildman–Crippen MR) is 140 cm³/mol. The summed E-state index contributed by atoms with van der Waals surface area (Å²) in [5.74, 6) is -3.60. The third-order valence-electron chi connectivity index (χ3n) is 7.57. The summed E-state index contributed by atoms with van der Waals surface area (Å²) in [5, 5.41) is 3.33. The van der Waals surface area contributed by atoms with E-state index in [4.69, 9.17) is 46.4 Å². The maximum absolute atomic E-state index is 14.0. The molecule has 1 saturated heterocycles. The van der Waals surface area contributed by atoms with Crippen molar-refractivity contribution in [2.24, 2.45) is 11.8 Å². The number of alkyl halides is 2. The van der Waals surface area contributed by atoms with E-state index in [9.17, 15) is 14.4 Å². The number of nitrogens with one attached hydrogen (secondary N) is 1. The highest BCUT2D eigenvalue weighted by Gasteiger charge is 2.73. The Kier molecular flexibility index (Phi) is 5.27. The summed E-state index contributed by atoms with van der Waals surface area (Å²) in [6, 6.07) is 18.2. The average molecular weight is 560 g/mol. The molecule has 0 unspecified atom stereocenters. The number of likely N-dealkylation sites (tertiary alicyclic amines) is 1. The topological polar surface area (TPSA) is 66.5 Å². The molecular weight excluding hydrogens is 542 g/mol. The minimum atomic E-state index is -1.30. The van der Waals surface area contributed by atoms with Gasteiger partial charge >= 0.3 is 0 Å². The number of anilines is 1. The van der Waals surface area contributed by atoms with Crippen LogP contribution in [0.3, 0.4) is 0 Å². The number of hydrogen-bond acceptors (Lipinski definition) is 3. The standard InChI is InChI=1S/C27H18Cl4N2O3/c1-13(23(34)32-20-12-14(28)10-11-19(20)29)33-24(35)21-22(25(33)36)27(31)16-7-3-2-6-15(16)26(21,30)17-8-4-5-9-18(17)27/h2-13,21-22H,1H3,(H,32,34)/t13-,21+,22+,26?,27?/m1/s1. The molecule has 182 valence electrons. The second-order valence-corrected chi connectivity index (χ2v) is 11.3. The van der Waals surface area contributed by atoms with E-state index in [1.54, 1.807) is 12.1 Å². The van der Waals surface area contributed by atoms with Gasteiger partial charge in [0.1, 0.15) is 15.8 Å². The number of nitrogens with zero attached hydrogens (tertiary/aromatic N) is 1. The molecule has 0 radical (unpaired) electrons. The first-order chi connectivity index (χ1) is 17.1. The molecule has 4 aliphatic rings. The number of amides is 3. The van der Waals surface area contributed by atoms with Gasteiger partial charge in [0.05, 0.1) is 22.5 Å². The van der Waals surface area contributed by atoms with Crippen molar-refractivity contribution in [3.63, 3.8) is 0 Å². The summed E-state index contributed by atoms with van der Waals surface area (Å²) in [4.78, 5) is 39.5. The fourth-order valence-electron chi connectivity index (χ4n) is 6.02. The van der Waals surface area contributed by atoms with Crippen LogP contribution in [0.5, 0.6) is 0 Å². The van der Waals surface area contributed by atoms with Crippen molar-refractivity contribution in [2.45, 2.75) is 22.7 Å². The van der Waals surface area contributed by atoms with Crippen LogP contribution in [-0.4, -0.2) is 28.7 Å². The molecule has 1 heterocycles. The molecule has 3 amide bonds. The molecule has 5 nitrogen and oxygen atoms in total. The van der Waals surface area contributed by atoms with E-state index in [0.717, 1.165) is 4.90 Å². The lowest BCUT2D eigenvalue weighted by Gasteiger charge is -2.54. The lowest BCUT2D eigenvalue weighted by atomic mass is 9.54. The molecule has 7 rings (SSSR count). The number of carbonyl (C=O) groups is 3. The summed E-state index contributed by atoms with van der Waals surface area (Å²) in [6.45, 7) is 1.49. The van der Waals surface area contributed by atoms with Crippen LogP contribution in [0.4, 0.5) is 5.69 Å². The zero-order valence-corrected chi connectivity index (χ0v) is 21.8. The van der Waals surface area contributed by atoms with Crippen LogP contribution < -0.4 is 5.32 Å². The molecule has 36 heavy (non-hydrogen) atoms. The maximum Gasteiger partial charge on any atom is 0.247 e. The van der Waals surface area contributed by atoms with E-state index in [1.807, 2.05) is 48.5 Å². The van der Waals surface area contributed by atoms with E-state index in [0.29, 0.717) is 27.3 Å². The van der Waals surface area contributed by atoms with Crippen LogP contribution in [0, 0.1) is 11.8 Å². The SMILES string of the molecule is C[C@H](C(=O)Nc1cc(Cl)ccc1Cl)N1C(=O)[C@@H]2[C@@H](C1=O)C1(Cl)c3ccccc3C2(Cl)c2ccccc21. The molecular formula is C27H18Cl4N2O3. The largest absolute Gasteiger partial charge is 0.323 e. The zero-order valence-electron chi connectivity index (χ0n) is 18.8. The molecule has 2 bridgehead atoms. The average Bonchev–Trinajstić information content (AvgIpc) is 3.15. The van der Waals surface area contributed by atoms with Crippen LogP contribution in [0.1, 0.15) is 29.2 Å². The highest BCUT2D eigenvalue weighted by atomic mass is 35.5. The van der Waals surface area contributed by atoms with Crippen molar-refractivity contribution in [2.75, 3.05) is 5.32 Å². The lowest BCUT2D eigenvalue weighted by molar-refractivity contribution is -0.146. The normalized spacial score (nSPS) is 28.4. The van der Waals surface area contributed by atoms with E-state index in [2.05, 4.69) is 5.32 Å². The Hall–Kier alpha value is -2.57. The summed E-state index contributed by atoms with van der Waals surface area (Å²) in [6.07, 6.45) is 0. The molecule has 0 aromatic heterocycles. The van der Waals surface area contributed by atoms with Crippen molar-refractivity contribution in [3.8, 4) is 0 Å². The molecule has 1 N–H and O–H groups in total. The third kappa shape index (κ3) is 2.89. The van der Waals surface area contributed by atoms with Gasteiger partial charge in [0.25, 0.3) is 0 Å². The second kappa shape index (κ2) is 7.96. The molecule has 1 aliphatic heterocycles. The number of halogens is 4. The second-order valence-electron chi connectivity index (χ2n) is 9.31. The molecule has 0 spiro atoms. The van der Waals surface area contributed by atoms with Gasteiger partial charge in [-0.3, -0.25) is 19.3 Å². The Morgan fingerprint density at radius 2 is 1.28 bits per heavy atom. The van der Waals surface area contributed by atoms with E-state index in [1.165, 1.54) is 13.0 Å². The summed E-state index contributed by atoms with van der Waals surface area (Å²) in [5.41, 5.74) is 3.08. The van der Waals surface area contributed by atoms with Gasteiger partial charge in [-0.05, 0) is 47.4 Å². The molecule has 3 aliphatic carbocycles. The molecule has 0 saturated carbocycles. The summed E-state index contributed by atoms with van der Waals surface area (Å²) in [7, 11) is 0. The van der Waals surface area contributed by atoms with Gasteiger partial charge in [0.2, 0.25) is 17.7 Å². The highest BCUT2D eigenvalue weighted by Crippen LogP contribution is 2.69. The number of imide groups is 1. The number of carbonyl (C=O) groups excluding carboxylic acids is 3. The lowest BCUT2D eigenvalue weighted by Crippen LogP contribution is -2.57. The van der Waals surface area contributed by atoms with Gasteiger partial charge in [-0.2, -0.15) is 0 Å². The molecule has 9 heteroatoms. The van der Waals surface area contributed by atoms with Crippen molar-refractivity contribution < 1.29 is 14.4 Å². The highest BCUT2D eigenvalue weighted by molar-refractivity contribution is 6.37. The minimum absolute atomic E-state index is 0.274. The third-order valence-corrected chi connectivity index (χ3v) is 9.42. The summed E-state index contributed by atoms with van der Waals surface area (Å²) < 4.78 is 0. The quantitative estimate of drug-likeness (QED) is 0.320. The number of hydrogen-bond donors (Lipinski definition) is 1. The summed E-state index contributed by atoms with van der Waals surface area (Å²) >= 11 is 27.0. The van der Waals surface area contributed by atoms with E-state index >= 15 is 0 Å². The predicted octanol–water partition coefficient (Wildman–Crippen LogP) is 5.91. The van der Waals surface area contributed by atoms with Crippen LogP contribution in [0.25, 0.3) is 0 Å². The van der Waals surface area contributed by atoms with E-state index < -0.39 is 45.3 Å². The van der Waals surface area contributed by atoms with Gasteiger partial charge < -0.3 is 5.32 Å². The van der Waals surface area contributed by atoms with Gasteiger partial charge in [-0.15, -0.1) is 23.2 Å². The first-order valence-electron chi connectivity index (χ1n) is 11.3. The van der Waals surface area contributed by atoms with Crippen LogP contribution in [0.15, 0.2) is 66.7 Å². The van der Waals surface area contributed by atoms with Gasteiger partial charge in [0.15, 0.2) is 0 Å².